The number of rotatable bonds is 14. The summed E-state index contributed by atoms with van der Waals surface area (Å²) in [6.45, 7) is 4.72. The summed E-state index contributed by atoms with van der Waals surface area (Å²) in [4.78, 5) is 29.2. The first kappa shape index (κ1) is 20.9. The van der Waals surface area contributed by atoms with Crippen LogP contribution >= 0.6 is 0 Å². The maximum Gasteiger partial charge on any atom is 0.260 e. The second-order valence-corrected chi connectivity index (χ2v) is 6.72. The number of imide groups is 1. The fraction of sp³-hybridized carbons (Fsp3) is 0.800. The number of hydrogen-bond donors (Lipinski definition) is 0. The van der Waals surface area contributed by atoms with Gasteiger partial charge in [-0.3, -0.25) is 14.4 Å². The molecule has 0 saturated carbocycles. The molecule has 0 aromatic carbocycles. The van der Waals surface area contributed by atoms with E-state index >= 15 is 0 Å². The molecule has 1 aliphatic rings. The second kappa shape index (κ2) is 13.2. The molecule has 1 saturated heterocycles. The lowest BCUT2D eigenvalue weighted by atomic mass is 10.0. The van der Waals surface area contributed by atoms with Gasteiger partial charge in [-0.25, -0.2) is 0 Å². The number of carbonyl (C=O) groups is 2. The van der Waals surface area contributed by atoms with Gasteiger partial charge in [0.1, 0.15) is 0 Å². The highest BCUT2D eigenvalue weighted by atomic mass is 16.7. The zero-order valence-electron chi connectivity index (χ0n) is 15.6. The van der Waals surface area contributed by atoms with Crippen LogP contribution in [0, 0.1) is 5.92 Å². The predicted molar refractivity (Wildman–Crippen MR) is 97.2 cm³/mol. The molecule has 1 rings (SSSR count). The van der Waals surface area contributed by atoms with E-state index in [-0.39, 0.29) is 24.2 Å². The first-order valence-corrected chi connectivity index (χ1v) is 9.87. The first-order chi connectivity index (χ1) is 11.7. The summed E-state index contributed by atoms with van der Waals surface area (Å²) in [7, 11) is 0. The SMILES string of the molecule is CCCCCCCCCCC=CC1CC(=O)N(OCCCC)C1=O. The summed E-state index contributed by atoms with van der Waals surface area (Å²) in [5, 5.41) is 0.973. The summed E-state index contributed by atoms with van der Waals surface area (Å²) in [6.07, 6.45) is 17.5. The minimum atomic E-state index is -0.326. The third kappa shape index (κ3) is 8.09. The van der Waals surface area contributed by atoms with Gasteiger partial charge < -0.3 is 0 Å². The minimum Gasteiger partial charge on any atom is -0.272 e. The van der Waals surface area contributed by atoms with Crippen LogP contribution in [0.4, 0.5) is 0 Å². The van der Waals surface area contributed by atoms with E-state index < -0.39 is 0 Å². The summed E-state index contributed by atoms with van der Waals surface area (Å²) in [5.41, 5.74) is 0. The van der Waals surface area contributed by atoms with Crippen LogP contribution < -0.4 is 0 Å². The van der Waals surface area contributed by atoms with Gasteiger partial charge in [0.25, 0.3) is 11.8 Å². The summed E-state index contributed by atoms with van der Waals surface area (Å²) >= 11 is 0. The molecule has 2 amide bonds. The van der Waals surface area contributed by atoms with E-state index in [1.54, 1.807) is 0 Å². The smallest absolute Gasteiger partial charge is 0.260 e. The standard InChI is InChI=1S/C20H35NO3/c1-3-5-7-8-9-10-11-12-13-14-15-18-17-19(22)21(20(18)23)24-16-6-4-2/h14-15,18H,3-13,16-17H2,1-2H3. The van der Waals surface area contributed by atoms with Crippen LogP contribution in [0.25, 0.3) is 0 Å². The van der Waals surface area contributed by atoms with E-state index in [4.69, 9.17) is 4.84 Å². The van der Waals surface area contributed by atoms with Crippen molar-refractivity contribution in [2.24, 2.45) is 5.92 Å². The number of unbranched alkanes of at least 4 members (excludes halogenated alkanes) is 9. The average Bonchev–Trinajstić information content (AvgIpc) is 2.84. The molecule has 24 heavy (non-hydrogen) atoms. The van der Waals surface area contributed by atoms with E-state index in [1.165, 1.54) is 44.9 Å². The molecule has 1 aliphatic heterocycles. The molecular weight excluding hydrogens is 302 g/mol. The Hall–Kier alpha value is -1.16. The molecule has 0 N–H and O–H groups in total. The Labute approximate surface area is 147 Å². The van der Waals surface area contributed by atoms with Gasteiger partial charge in [0, 0.05) is 6.42 Å². The zero-order valence-corrected chi connectivity index (χ0v) is 15.6. The molecule has 0 spiro atoms. The molecule has 1 unspecified atom stereocenters. The Morgan fingerprint density at radius 2 is 1.58 bits per heavy atom. The van der Waals surface area contributed by atoms with Gasteiger partial charge in [0.2, 0.25) is 0 Å². The summed E-state index contributed by atoms with van der Waals surface area (Å²) < 4.78 is 0. The van der Waals surface area contributed by atoms with Crippen molar-refractivity contribution in [1.82, 2.24) is 5.06 Å². The quantitative estimate of drug-likeness (QED) is 0.249. The largest absolute Gasteiger partial charge is 0.272 e. The number of hydroxylamine groups is 2. The zero-order chi connectivity index (χ0) is 17.6. The fourth-order valence-corrected chi connectivity index (χ4v) is 2.87. The van der Waals surface area contributed by atoms with Crippen LogP contribution in [-0.2, 0) is 14.4 Å². The fourth-order valence-electron chi connectivity index (χ4n) is 2.87. The molecule has 0 aromatic rings. The van der Waals surface area contributed by atoms with Crippen LogP contribution in [-0.4, -0.2) is 23.5 Å². The Morgan fingerprint density at radius 3 is 2.25 bits per heavy atom. The average molecular weight is 338 g/mol. The van der Waals surface area contributed by atoms with Gasteiger partial charge in [-0.15, -0.1) is 0 Å². The van der Waals surface area contributed by atoms with Gasteiger partial charge in [-0.2, -0.15) is 5.06 Å². The van der Waals surface area contributed by atoms with Crippen molar-refractivity contribution >= 4 is 11.8 Å². The molecule has 0 bridgehead atoms. The summed E-state index contributed by atoms with van der Waals surface area (Å²) in [5.74, 6) is -0.741. The van der Waals surface area contributed by atoms with Crippen molar-refractivity contribution in [2.75, 3.05) is 6.61 Å². The van der Waals surface area contributed by atoms with Crippen LogP contribution in [0.3, 0.4) is 0 Å². The number of amides is 2. The maximum absolute atomic E-state index is 12.1. The van der Waals surface area contributed by atoms with Crippen molar-refractivity contribution in [3.8, 4) is 0 Å². The third-order valence-corrected chi connectivity index (χ3v) is 4.45. The van der Waals surface area contributed by atoms with Gasteiger partial charge >= 0.3 is 0 Å². The van der Waals surface area contributed by atoms with Crippen molar-refractivity contribution in [3.63, 3.8) is 0 Å². The monoisotopic (exact) mass is 337 g/mol. The van der Waals surface area contributed by atoms with Crippen LogP contribution in [0.2, 0.25) is 0 Å². The minimum absolute atomic E-state index is 0.205. The van der Waals surface area contributed by atoms with E-state index in [0.29, 0.717) is 6.61 Å². The lowest BCUT2D eigenvalue weighted by Gasteiger charge is -2.13. The highest BCUT2D eigenvalue weighted by molar-refractivity contribution is 6.03. The molecule has 1 fully saturated rings. The van der Waals surface area contributed by atoms with Crippen molar-refractivity contribution in [1.29, 1.82) is 0 Å². The molecule has 138 valence electrons. The van der Waals surface area contributed by atoms with Gasteiger partial charge in [0.15, 0.2) is 0 Å². The topological polar surface area (TPSA) is 46.6 Å². The molecule has 4 heteroatoms. The van der Waals surface area contributed by atoms with E-state index in [0.717, 1.165) is 30.7 Å². The molecule has 4 nitrogen and oxygen atoms in total. The van der Waals surface area contributed by atoms with Crippen molar-refractivity contribution < 1.29 is 14.4 Å². The van der Waals surface area contributed by atoms with Gasteiger partial charge in [0.05, 0.1) is 12.5 Å². The second-order valence-electron chi connectivity index (χ2n) is 6.72. The molecule has 1 atom stereocenters. The molecule has 0 aliphatic carbocycles. The van der Waals surface area contributed by atoms with Crippen molar-refractivity contribution in [2.45, 2.75) is 90.9 Å². The van der Waals surface area contributed by atoms with E-state index in [9.17, 15) is 9.59 Å². The Bertz CT molecular complexity index is 392. The van der Waals surface area contributed by atoms with Crippen molar-refractivity contribution in [3.05, 3.63) is 12.2 Å². The first-order valence-electron chi connectivity index (χ1n) is 9.87. The number of nitrogens with zero attached hydrogens (tertiary/aromatic N) is 1. The Morgan fingerprint density at radius 1 is 0.958 bits per heavy atom. The normalized spacial score (nSPS) is 18.2. The van der Waals surface area contributed by atoms with E-state index in [2.05, 4.69) is 13.0 Å². The van der Waals surface area contributed by atoms with E-state index in [1.807, 2.05) is 13.0 Å². The molecule has 1 heterocycles. The Balaban J connectivity index is 2.12. The number of hydrogen-bond acceptors (Lipinski definition) is 3. The van der Waals surface area contributed by atoms with Crippen LogP contribution in [0.15, 0.2) is 12.2 Å². The molecule has 0 aromatic heterocycles. The van der Waals surface area contributed by atoms with Crippen LogP contribution in [0.5, 0.6) is 0 Å². The highest BCUT2D eigenvalue weighted by Gasteiger charge is 2.38. The van der Waals surface area contributed by atoms with Crippen LogP contribution in [0.1, 0.15) is 90.9 Å². The highest BCUT2D eigenvalue weighted by Crippen LogP contribution is 2.22. The maximum atomic E-state index is 12.1. The van der Waals surface area contributed by atoms with Gasteiger partial charge in [-0.05, 0) is 19.3 Å². The number of allylic oxidation sites excluding steroid dienone is 1. The summed E-state index contributed by atoms with van der Waals surface area (Å²) in [6, 6.07) is 0. The third-order valence-electron chi connectivity index (χ3n) is 4.45. The Kier molecular flexibility index (Phi) is 11.5. The lowest BCUT2D eigenvalue weighted by Crippen LogP contribution is -2.31. The van der Waals surface area contributed by atoms with Gasteiger partial charge in [-0.1, -0.05) is 77.4 Å². The molecular formula is C20H35NO3. The molecule has 0 radical (unpaired) electrons. The number of carbonyl (C=O) groups excluding carboxylic acids is 2. The predicted octanol–water partition coefficient (Wildman–Crippen LogP) is 5.18. The lowest BCUT2D eigenvalue weighted by molar-refractivity contribution is -0.188.